The van der Waals surface area contributed by atoms with Gasteiger partial charge in [0.1, 0.15) is 11.3 Å². The number of anilines is 2. The largest absolute Gasteiger partial charge is 0.394 e. The molecule has 2 heterocycles. The highest BCUT2D eigenvalue weighted by molar-refractivity contribution is 5.89. The van der Waals surface area contributed by atoms with Gasteiger partial charge in [-0.3, -0.25) is 0 Å². The van der Waals surface area contributed by atoms with Crippen molar-refractivity contribution in [2.75, 3.05) is 11.5 Å². The van der Waals surface area contributed by atoms with Crippen LogP contribution >= 0.6 is 0 Å². The number of nitrogens with two attached hydrogens (primary N) is 2. The van der Waals surface area contributed by atoms with Crippen molar-refractivity contribution in [2.24, 2.45) is 0 Å². The molecule has 90 valence electrons. The third kappa shape index (κ3) is 2.35. The van der Waals surface area contributed by atoms with E-state index in [0.29, 0.717) is 0 Å². The molecule has 2 aromatic heterocycles. The molecule has 0 spiro atoms. The van der Waals surface area contributed by atoms with Crippen molar-refractivity contribution in [3.8, 4) is 0 Å². The first-order chi connectivity index (χ1) is 7.87. The second-order valence-electron chi connectivity index (χ2n) is 3.41. The van der Waals surface area contributed by atoms with Crippen molar-refractivity contribution in [1.82, 2.24) is 15.0 Å². The van der Waals surface area contributed by atoms with Crippen LogP contribution in [-0.2, 0) is 6.42 Å². The first-order valence-corrected chi connectivity index (χ1v) is 4.60. The number of nitrogen functional groups attached to an aromatic ring is 2. The second-order valence-corrected chi connectivity index (χ2v) is 3.41. The van der Waals surface area contributed by atoms with Crippen molar-refractivity contribution >= 4 is 22.7 Å². The van der Waals surface area contributed by atoms with Crippen molar-refractivity contribution < 1.29 is 13.2 Å². The van der Waals surface area contributed by atoms with Crippen LogP contribution in [0.5, 0.6) is 0 Å². The zero-order chi connectivity index (χ0) is 12.6. The molecule has 8 heteroatoms. The molecule has 0 radical (unpaired) electrons. The first-order valence-electron chi connectivity index (χ1n) is 4.60. The Labute approximate surface area is 93.7 Å². The van der Waals surface area contributed by atoms with E-state index in [0.717, 1.165) is 0 Å². The molecule has 0 aliphatic heterocycles. The molecule has 0 aliphatic carbocycles. The minimum Gasteiger partial charge on any atom is -0.382 e. The number of halogens is 3. The van der Waals surface area contributed by atoms with Crippen LogP contribution < -0.4 is 11.5 Å². The highest BCUT2D eigenvalue weighted by Crippen LogP contribution is 2.26. The molecule has 4 N–H and O–H groups in total. The third-order valence-electron chi connectivity index (χ3n) is 2.11. The zero-order valence-corrected chi connectivity index (χ0v) is 8.49. The number of hydrogen-bond donors (Lipinski definition) is 2. The van der Waals surface area contributed by atoms with Gasteiger partial charge in [-0.05, 0) is 6.07 Å². The lowest BCUT2D eigenvalue weighted by molar-refractivity contribution is -0.127. The van der Waals surface area contributed by atoms with Crippen LogP contribution in [0.3, 0.4) is 0 Å². The lowest BCUT2D eigenvalue weighted by atomic mass is 10.1. The standard InChI is InChI=1S/C9H8F3N5/c10-9(11,12)3-5-4-1-2-15-7(13)6(4)17-8(14)16-5/h1-2H,3H2,(H2,13,15)(H2,14,16,17). The SMILES string of the molecule is Nc1nc(CC(F)(F)F)c2ccnc(N)c2n1. The van der Waals surface area contributed by atoms with Gasteiger partial charge >= 0.3 is 6.18 Å². The van der Waals surface area contributed by atoms with Gasteiger partial charge in [0, 0.05) is 11.6 Å². The Hall–Kier alpha value is -2.12. The average molecular weight is 243 g/mol. The van der Waals surface area contributed by atoms with Crippen LogP contribution in [0.1, 0.15) is 5.69 Å². The molecule has 0 atom stereocenters. The molecule has 0 unspecified atom stereocenters. The Bertz CT molecular complexity index is 566. The molecular weight excluding hydrogens is 235 g/mol. The molecule has 0 aliphatic rings. The number of pyridine rings is 1. The molecule has 5 nitrogen and oxygen atoms in total. The predicted octanol–water partition coefficient (Wildman–Crippen LogP) is 1.29. The van der Waals surface area contributed by atoms with Crippen molar-refractivity contribution in [1.29, 1.82) is 0 Å². The van der Waals surface area contributed by atoms with E-state index in [9.17, 15) is 13.2 Å². The fourth-order valence-corrected chi connectivity index (χ4v) is 1.48. The van der Waals surface area contributed by atoms with Gasteiger partial charge in [-0.15, -0.1) is 0 Å². The number of aromatic nitrogens is 3. The minimum atomic E-state index is -4.37. The molecular formula is C9H8F3N5. The van der Waals surface area contributed by atoms with E-state index in [1.54, 1.807) is 0 Å². The van der Waals surface area contributed by atoms with Crippen molar-refractivity contribution in [3.63, 3.8) is 0 Å². The molecule has 2 aromatic rings. The van der Waals surface area contributed by atoms with E-state index in [1.807, 2.05) is 0 Å². The first kappa shape index (κ1) is 11.4. The van der Waals surface area contributed by atoms with Gasteiger partial charge in [-0.25, -0.2) is 15.0 Å². The molecule has 0 saturated heterocycles. The van der Waals surface area contributed by atoms with Gasteiger partial charge in [0.25, 0.3) is 0 Å². The lowest BCUT2D eigenvalue weighted by Gasteiger charge is -2.09. The zero-order valence-electron chi connectivity index (χ0n) is 8.49. The molecule has 0 aromatic carbocycles. The Morgan fingerprint density at radius 1 is 1.18 bits per heavy atom. The summed E-state index contributed by atoms with van der Waals surface area (Å²) in [5, 5.41) is 0.212. The number of hydrogen-bond acceptors (Lipinski definition) is 5. The summed E-state index contributed by atoms with van der Waals surface area (Å²) in [6, 6.07) is 1.38. The summed E-state index contributed by atoms with van der Waals surface area (Å²) >= 11 is 0. The highest BCUT2D eigenvalue weighted by atomic mass is 19.4. The Balaban J connectivity index is 2.66. The fraction of sp³-hybridized carbons (Fsp3) is 0.222. The molecule has 17 heavy (non-hydrogen) atoms. The summed E-state index contributed by atoms with van der Waals surface area (Å²) in [5.41, 5.74) is 10.8. The van der Waals surface area contributed by atoms with Crippen LogP contribution in [0.15, 0.2) is 12.3 Å². The highest BCUT2D eigenvalue weighted by Gasteiger charge is 2.30. The van der Waals surface area contributed by atoms with E-state index in [1.165, 1.54) is 12.3 Å². The van der Waals surface area contributed by atoms with Crippen molar-refractivity contribution in [3.05, 3.63) is 18.0 Å². The van der Waals surface area contributed by atoms with Crippen LogP contribution in [0.4, 0.5) is 24.9 Å². The maximum absolute atomic E-state index is 12.4. The van der Waals surface area contributed by atoms with Gasteiger partial charge < -0.3 is 11.5 Å². The van der Waals surface area contributed by atoms with Crippen LogP contribution in [-0.4, -0.2) is 21.1 Å². The number of nitrogens with zero attached hydrogens (tertiary/aromatic N) is 3. The molecule has 0 fully saturated rings. The van der Waals surface area contributed by atoms with Crippen LogP contribution in [0, 0.1) is 0 Å². The fourth-order valence-electron chi connectivity index (χ4n) is 1.48. The summed E-state index contributed by atoms with van der Waals surface area (Å²) in [6.45, 7) is 0. The van der Waals surface area contributed by atoms with Gasteiger partial charge in [0.15, 0.2) is 0 Å². The maximum Gasteiger partial charge on any atom is 0.394 e. The summed E-state index contributed by atoms with van der Waals surface area (Å²) < 4.78 is 37.1. The van der Waals surface area contributed by atoms with Gasteiger partial charge in [0.05, 0.1) is 12.1 Å². The lowest BCUT2D eigenvalue weighted by Crippen LogP contribution is -2.14. The number of rotatable bonds is 1. The summed E-state index contributed by atoms with van der Waals surface area (Å²) in [6.07, 6.45) is -4.25. The summed E-state index contributed by atoms with van der Waals surface area (Å²) in [4.78, 5) is 11.1. The Morgan fingerprint density at radius 2 is 1.88 bits per heavy atom. The smallest absolute Gasteiger partial charge is 0.382 e. The summed E-state index contributed by atoms with van der Waals surface area (Å²) in [5.74, 6) is -0.225. The van der Waals surface area contributed by atoms with E-state index in [-0.39, 0.29) is 28.4 Å². The van der Waals surface area contributed by atoms with Gasteiger partial charge in [-0.2, -0.15) is 13.2 Å². The third-order valence-corrected chi connectivity index (χ3v) is 2.11. The maximum atomic E-state index is 12.4. The van der Waals surface area contributed by atoms with Crippen LogP contribution in [0.2, 0.25) is 0 Å². The quantitative estimate of drug-likeness (QED) is 0.787. The van der Waals surface area contributed by atoms with E-state index in [4.69, 9.17) is 11.5 Å². The van der Waals surface area contributed by atoms with E-state index < -0.39 is 12.6 Å². The van der Waals surface area contributed by atoms with Crippen LogP contribution in [0.25, 0.3) is 10.9 Å². The number of alkyl halides is 3. The monoisotopic (exact) mass is 243 g/mol. The van der Waals surface area contributed by atoms with Gasteiger partial charge in [0.2, 0.25) is 5.95 Å². The van der Waals surface area contributed by atoms with E-state index >= 15 is 0 Å². The molecule has 2 rings (SSSR count). The topological polar surface area (TPSA) is 90.7 Å². The van der Waals surface area contributed by atoms with Crippen molar-refractivity contribution in [2.45, 2.75) is 12.6 Å². The molecule has 0 bridgehead atoms. The average Bonchev–Trinajstić information content (AvgIpc) is 2.17. The number of fused-ring (bicyclic) bond motifs is 1. The van der Waals surface area contributed by atoms with E-state index in [2.05, 4.69) is 15.0 Å². The molecule has 0 saturated carbocycles. The Morgan fingerprint density at radius 3 is 2.53 bits per heavy atom. The normalized spacial score (nSPS) is 11.9. The molecule has 0 amide bonds. The Kier molecular flexibility index (Phi) is 2.49. The predicted molar refractivity (Wildman–Crippen MR) is 55.9 cm³/mol. The minimum absolute atomic E-state index is 0.0278. The second kappa shape index (κ2) is 3.72. The van der Waals surface area contributed by atoms with Gasteiger partial charge in [-0.1, -0.05) is 0 Å². The summed E-state index contributed by atoms with van der Waals surface area (Å²) in [7, 11) is 0.